The normalized spacial score (nSPS) is 10.8. The van der Waals surface area contributed by atoms with E-state index in [4.69, 9.17) is 4.52 Å². The Morgan fingerprint density at radius 3 is 3.15 bits per heavy atom. The van der Waals surface area contributed by atoms with E-state index in [1.54, 1.807) is 18.2 Å². The fourth-order valence-corrected chi connectivity index (χ4v) is 1.27. The monoisotopic (exact) mass is 178 g/mol. The molecule has 4 heteroatoms. The van der Waals surface area contributed by atoms with E-state index in [-0.39, 0.29) is 5.75 Å². The highest BCUT2D eigenvalue weighted by Crippen LogP contribution is 2.22. The highest BCUT2D eigenvalue weighted by molar-refractivity contribution is 5.81. The van der Waals surface area contributed by atoms with Crippen molar-refractivity contribution in [1.82, 2.24) is 10.5 Å². The number of phenolic OH excluding ortho intramolecular Hbond substituents is 1. The van der Waals surface area contributed by atoms with Crippen molar-refractivity contribution < 1.29 is 9.63 Å². The second-order valence-electron chi connectivity index (χ2n) is 2.84. The van der Waals surface area contributed by atoms with Crippen LogP contribution in [-0.2, 0) is 6.54 Å². The summed E-state index contributed by atoms with van der Waals surface area (Å²) in [6, 6.07) is 4.97. The summed E-state index contributed by atoms with van der Waals surface area (Å²) in [5.41, 5.74) is 0.767. The minimum atomic E-state index is 0.230. The predicted octanol–water partition coefficient (Wildman–Crippen LogP) is 1.25. The second kappa shape index (κ2) is 3.06. The molecule has 1 aromatic carbocycles. The average Bonchev–Trinajstić information content (AvgIpc) is 2.49. The lowest BCUT2D eigenvalue weighted by molar-refractivity contribution is 0.385. The second-order valence-corrected chi connectivity index (χ2v) is 2.84. The third kappa shape index (κ3) is 1.36. The van der Waals surface area contributed by atoms with Crippen molar-refractivity contribution in [3.05, 3.63) is 24.0 Å². The molecule has 0 unspecified atom stereocenters. The quantitative estimate of drug-likeness (QED) is 0.726. The van der Waals surface area contributed by atoms with Gasteiger partial charge in [0.15, 0.2) is 5.76 Å². The Kier molecular flexibility index (Phi) is 1.90. The summed E-state index contributed by atoms with van der Waals surface area (Å²) in [4.78, 5) is 0. The van der Waals surface area contributed by atoms with Gasteiger partial charge in [-0.2, -0.15) is 0 Å². The molecule has 0 saturated carbocycles. The lowest BCUT2D eigenvalue weighted by Crippen LogP contribution is -2.03. The highest BCUT2D eigenvalue weighted by atomic mass is 16.5. The van der Waals surface area contributed by atoms with E-state index in [9.17, 15) is 5.11 Å². The molecule has 0 amide bonds. The van der Waals surface area contributed by atoms with E-state index in [0.717, 1.165) is 16.7 Å². The summed E-state index contributed by atoms with van der Waals surface area (Å²) >= 11 is 0. The SMILES string of the molecule is CNCc1onc2ccc(O)cc12. The van der Waals surface area contributed by atoms with Gasteiger partial charge in [-0.25, -0.2) is 0 Å². The summed E-state index contributed by atoms with van der Waals surface area (Å²) in [5.74, 6) is 0.974. The summed E-state index contributed by atoms with van der Waals surface area (Å²) in [6.07, 6.45) is 0. The molecule has 13 heavy (non-hydrogen) atoms. The summed E-state index contributed by atoms with van der Waals surface area (Å²) in [5, 5.41) is 16.9. The molecular weight excluding hydrogens is 168 g/mol. The van der Waals surface area contributed by atoms with Crippen molar-refractivity contribution in [2.24, 2.45) is 0 Å². The van der Waals surface area contributed by atoms with E-state index < -0.39 is 0 Å². The molecule has 0 saturated heterocycles. The maximum atomic E-state index is 9.25. The molecule has 2 rings (SSSR count). The zero-order chi connectivity index (χ0) is 9.26. The van der Waals surface area contributed by atoms with Crippen LogP contribution in [0.4, 0.5) is 0 Å². The minimum Gasteiger partial charge on any atom is -0.508 e. The van der Waals surface area contributed by atoms with E-state index in [1.807, 2.05) is 7.05 Å². The molecule has 1 heterocycles. The topological polar surface area (TPSA) is 58.3 Å². The average molecular weight is 178 g/mol. The van der Waals surface area contributed by atoms with Crippen molar-refractivity contribution in [3.8, 4) is 5.75 Å². The number of phenols is 1. The van der Waals surface area contributed by atoms with Crippen LogP contribution in [0.3, 0.4) is 0 Å². The number of nitrogens with zero attached hydrogens (tertiary/aromatic N) is 1. The van der Waals surface area contributed by atoms with Gasteiger partial charge in [0.2, 0.25) is 0 Å². The van der Waals surface area contributed by atoms with E-state index in [1.165, 1.54) is 0 Å². The molecular formula is C9H10N2O2. The number of nitrogens with one attached hydrogen (secondary N) is 1. The summed E-state index contributed by atoms with van der Waals surface area (Å²) in [7, 11) is 1.83. The van der Waals surface area contributed by atoms with Crippen LogP contribution in [0.5, 0.6) is 5.75 Å². The fraction of sp³-hybridized carbons (Fsp3) is 0.222. The number of fused-ring (bicyclic) bond motifs is 1. The van der Waals surface area contributed by atoms with Gasteiger partial charge in [0.25, 0.3) is 0 Å². The highest BCUT2D eigenvalue weighted by Gasteiger charge is 2.07. The predicted molar refractivity (Wildman–Crippen MR) is 48.4 cm³/mol. The first-order valence-corrected chi connectivity index (χ1v) is 4.03. The zero-order valence-electron chi connectivity index (χ0n) is 7.24. The molecule has 1 aromatic heterocycles. The Morgan fingerprint density at radius 2 is 2.38 bits per heavy atom. The van der Waals surface area contributed by atoms with Crippen molar-refractivity contribution in [1.29, 1.82) is 0 Å². The van der Waals surface area contributed by atoms with Crippen LogP contribution in [0, 0.1) is 0 Å². The molecule has 0 aliphatic carbocycles. The van der Waals surface area contributed by atoms with Gasteiger partial charge in [-0.1, -0.05) is 5.16 Å². The third-order valence-electron chi connectivity index (χ3n) is 1.87. The molecule has 0 aliphatic heterocycles. The molecule has 0 aliphatic rings. The Hall–Kier alpha value is -1.55. The number of hydrogen-bond donors (Lipinski definition) is 2. The standard InChI is InChI=1S/C9H10N2O2/c1-10-5-9-7-4-6(12)2-3-8(7)11-13-9/h2-4,10,12H,5H2,1H3. The molecule has 0 atom stereocenters. The molecule has 68 valence electrons. The first-order chi connectivity index (χ1) is 6.31. The van der Waals surface area contributed by atoms with Gasteiger partial charge in [0, 0.05) is 5.39 Å². The molecule has 4 nitrogen and oxygen atoms in total. The third-order valence-corrected chi connectivity index (χ3v) is 1.87. The minimum absolute atomic E-state index is 0.230. The lowest BCUT2D eigenvalue weighted by Gasteiger charge is -1.93. The number of rotatable bonds is 2. The number of hydrogen-bond acceptors (Lipinski definition) is 4. The Bertz CT molecular complexity index is 422. The number of aromatic hydroxyl groups is 1. The Morgan fingerprint density at radius 1 is 1.54 bits per heavy atom. The van der Waals surface area contributed by atoms with Crippen molar-refractivity contribution in [2.45, 2.75) is 6.54 Å². The van der Waals surface area contributed by atoms with E-state index in [2.05, 4.69) is 10.5 Å². The summed E-state index contributed by atoms with van der Waals surface area (Å²) in [6.45, 7) is 0.611. The maximum Gasteiger partial charge on any atom is 0.158 e. The van der Waals surface area contributed by atoms with Gasteiger partial charge in [0.1, 0.15) is 11.3 Å². The lowest BCUT2D eigenvalue weighted by atomic mass is 10.2. The molecule has 0 bridgehead atoms. The fourth-order valence-electron chi connectivity index (χ4n) is 1.27. The van der Waals surface area contributed by atoms with E-state index >= 15 is 0 Å². The Balaban J connectivity index is 2.58. The smallest absolute Gasteiger partial charge is 0.158 e. The van der Waals surface area contributed by atoms with Crippen LogP contribution in [0.25, 0.3) is 10.9 Å². The molecule has 0 spiro atoms. The van der Waals surface area contributed by atoms with Gasteiger partial charge >= 0.3 is 0 Å². The van der Waals surface area contributed by atoms with Gasteiger partial charge < -0.3 is 14.9 Å². The molecule has 2 N–H and O–H groups in total. The first-order valence-electron chi connectivity index (χ1n) is 4.03. The largest absolute Gasteiger partial charge is 0.508 e. The van der Waals surface area contributed by atoms with Crippen molar-refractivity contribution in [3.63, 3.8) is 0 Å². The maximum absolute atomic E-state index is 9.25. The zero-order valence-corrected chi connectivity index (χ0v) is 7.24. The van der Waals surface area contributed by atoms with Crippen LogP contribution in [0.15, 0.2) is 22.7 Å². The van der Waals surface area contributed by atoms with Crippen LogP contribution in [0.2, 0.25) is 0 Å². The summed E-state index contributed by atoms with van der Waals surface area (Å²) < 4.78 is 5.09. The van der Waals surface area contributed by atoms with Crippen LogP contribution in [-0.4, -0.2) is 17.3 Å². The van der Waals surface area contributed by atoms with Crippen LogP contribution in [0.1, 0.15) is 5.76 Å². The Labute approximate surface area is 75.2 Å². The molecule has 0 radical (unpaired) electrons. The number of benzene rings is 1. The van der Waals surface area contributed by atoms with Crippen molar-refractivity contribution >= 4 is 10.9 Å². The van der Waals surface area contributed by atoms with E-state index in [0.29, 0.717) is 6.54 Å². The molecule has 2 aromatic rings. The van der Waals surface area contributed by atoms with Gasteiger partial charge in [-0.05, 0) is 25.2 Å². The van der Waals surface area contributed by atoms with Crippen LogP contribution >= 0.6 is 0 Å². The van der Waals surface area contributed by atoms with Crippen molar-refractivity contribution in [2.75, 3.05) is 7.05 Å². The first kappa shape index (κ1) is 8.07. The van der Waals surface area contributed by atoms with Crippen LogP contribution < -0.4 is 5.32 Å². The van der Waals surface area contributed by atoms with Gasteiger partial charge in [0.05, 0.1) is 6.54 Å². The van der Waals surface area contributed by atoms with Gasteiger partial charge in [-0.3, -0.25) is 0 Å². The number of aromatic nitrogens is 1. The van der Waals surface area contributed by atoms with Gasteiger partial charge in [-0.15, -0.1) is 0 Å². The molecule has 0 fully saturated rings.